The van der Waals surface area contributed by atoms with Crippen molar-refractivity contribution in [3.05, 3.63) is 29.3 Å². The molecule has 1 atom stereocenters. The molecule has 1 amide bonds. The lowest BCUT2D eigenvalue weighted by Gasteiger charge is -2.19. The van der Waals surface area contributed by atoms with E-state index in [-0.39, 0.29) is 17.4 Å². The molecule has 1 aromatic rings. The van der Waals surface area contributed by atoms with Crippen molar-refractivity contribution in [3.8, 4) is 5.75 Å². The van der Waals surface area contributed by atoms with Gasteiger partial charge in [0.2, 0.25) is 5.91 Å². The molecule has 2 aliphatic heterocycles. The largest absolute Gasteiger partial charge is 0.493 e. The third-order valence-electron chi connectivity index (χ3n) is 3.38. The number of aromatic carboxylic acids is 1. The van der Waals surface area contributed by atoms with Gasteiger partial charge in [-0.25, -0.2) is 4.79 Å². The molecule has 104 valence electrons. The Bertz CT molecular complexity index is 600. The molecule has 5 nitrogen and oxygen atoms in total. The molecule has 0 spiro atoms. The Morgan fingerprint density at radius 1 is 1.55 bits per heavy atom. The summed E-state index contributed by atoms with van der Waals surface area (Å²) in [5, 5.41) is 9.04. The van der Waals surface area contributed by atoms with Gasteiger partial charge in [0.25, 0.3) is 0 Å². The lowest BCUT2D eigenvalue weighted by molar-refractivity contribution is -0.124. The summed E-state index contributed by atoms with van der Waals surface area (Å²) in [5.41, 5.74) is 1.06. The molecule has 2 heterocycles. The second-order valence-electron chi connectivity index (χ2n) is 4.62. The molecule has 0 saturated carbocycles. The van der Waals surface area contributed by atoms with Crippen molar-refractivity contribution >= 4 is 40.2 Å². The SMILES string of the molecule is O=C(O)c1ccc2c(c1)C(CN1C(=O)CSC1=S)CO2. The van der Waals surface area contributed by atoms with Crippen molar-refractivity contribution in [1.82, 2.24) is 4.90 Å². The van der Waals surface area contributed by atoms with E-state index in [0.29, 0.717) is 29.0 Å². The number of carboxylic acid groups (broad SMARTS) is 1. The highest BCUT2D eigenvalue weighted by Gasteiger charge is 2.33. The van der Waals surface area contributed by atoms with Gasteiger partial charge in [0, 0.05) is 18.0 Å². The summed E-state index contributed by atoms with van der Waals surface area (Å²) in [4.78, 5) is 24.3. The fraction of sp³-hybridized carbons (Fsp3) is 0.308. The minimum atomic E-state index is -0.971. The van der Waals surface area contributed by atoms with Crippen LogP contribution in [-0.4, -0.2) is 45.1 Å². The fourth-order valence-corrected chi connectivity index (χ4v) is 3.43. The van der Waals surface area contributed by atoms with Crippen LogP contribution < -0.4 is 4.74 Å². The van der Waals surface area contributed by atoms with Crippen LogP contribution in [0.4, 0.5) is 0 Å². The van der Waals surface area contributed by atoms with E-state index in [4.69, 9.17) is 22.1 Å². The summed E-state index contributed by atoms with van der Waals surface area (Å²) in [6, 6.07) is 4.80. The van der Waals surface area contributed by atoms with Crippen molar-refractivity contribution in [2.45, 2.75) is 5.92 Å². The predicted octanol–water partition coefficient (Wildman–Crippen LogP) is 1.72. The Balaban J connectivity index is 1.85. The number of rotatable bonds is 3. The van der Waals surface area contributed by atoms with Crippen molar-refractivity contribution < 1.29 is 19.4 Å². The predicted molar refractivity (Wildman–Crippen MR) is 78.4 cm³/mol. The van der Waals surface area contributed by atoms with Crippen LogP contribution in [0.1, 0.15) is 21.8 Å². The Morgan fingerprint density at radius 3 is 3.00 bits per heavy atom. The van der Waals surface area contributed by atoms with Gasteiger partial charge >= 0.3 is 5.97 Å². The van der Waals surface area contributed by atoms with Gasteiger partial charge in [0.1, 0.15) is 10.1 Å². The Kier molecular flexibility index (Phi) is 3.39. The highest BCUT2D eigenvalue weighted by Crippen LogP contribution is 2.36. The molecule has 1 N–H and O–H groups in total. The molecule has 1 aromatic carbocycles. The molecule has 1 fully saturated rings. The summed E-state index contributed by atoms with van der Waals surface area (Å²) < 4.78 is 6.13. The van der Waals surface area contributed by atoms with E-state index in [9.17, 15) is 9.59 Å². The summed E-state index contributed by atoms with van der Waals surface area (Å²) in [5.74, 6) is 0.0637. The van der Waals surface area contributed by atoms with Crippen LogP contribution in [0.2, 0.25) is 0 Å². The number of hydrogen-bond acceptors (Lipinski definition) is 5. The van der Waals surface area contributed by atoms with Crippen LogP contribution in [0.25, 0.3) is 0 Å². The number of benzene rings is 1. The molecule has 2 aliphatic rings. The van der Waals surface area contributed by atoms with Gasteiger partial charge < -0.3 is 9.84 Å². The average molecular weight is 309 g/mol. The molecule has 0 radical (unpaired) electrons. The molecule has 1 saturated heterocycles. The molecule has 7 heteroatoms. The molecule has 20 heavy (non-hydrogen) atoms. The number of carbonyl (C=O) groups is 2. The van der Waals surface area contributed by atoms with E-state index in [1.807, 2.05) is 0 Å². The lowest BCUT2D eigenvalue weighted by Crippen LogP contribution is -2.33. The van der Waals surface area contributed by atoms with Crippen LogP contribution in [0.3, 0.4) is 0 Å². The maximum absolute atomic E-state index is 11.7. The molecule has 0 aromatic heterocycles. The minimum Gasteiger partial charge on any atom is -0.493 e. The van der Waals surface area contributed by atoms with Crippen LogP contribution >= 0.6 is 24.0 Å². The Morgan fingerprint density at radius 2 is 2.35 bits per heavy atom. The topological polar surface area (TPSA) is 66.8 Å². The lowest BCUT2D eigenvalue weighted by atomic mass is 9.98. The molecule has 3 rings (SSSR count). The standard InChI is InChI=1S/C13H11NO4S2/c15-11-6-20-13(19)14(11)4-8-5-18-10-2-1-7(12(16)17)3-9(8)10/h1-3,8H,4-6H2,(H,16,17). The van der Waals surface area contributed by atoms with E-state index in [2.05, 4.69) is 0 Å². The first-order valence-corrected chi connectivity index (χ1v) is 7.43. The third kappa shape index (κ3) is 2.27. The Hall–Kier alpha value is -1.60. The highest BCUT2D eigenvalue weighted by molar-refractivity contribution is 8.23. The number of carboxylic acids is 1. The van der Waals surface area contributed by atoms with Crippen molar-refractivity contribution in [2.24, 2.45) is 0 Å². The highest BCUT2D eigenvalue weighted by atomic mass is 32.2. The zero-order valence-electron chi connectivity index (χ0n) is 10.4. The Labute approximate surface area is 124 Å². The molecule has 0 bridgehead atoms. The number of carbonyl (C=O) groups excluding carboxylic acids is 1. The second kappa shape index (κ2) is 5.06. The van der Waals surface area contributed by atoms with Crippen molar-refractivity contribution in [1.29, 1.82) is 0 Å². The zero-order chi connectivity index (χ0) is 14.3. The number of nitrogens with zero attached hydrogens (tertiary/aromatic N) is 1. The summed E-state index contributed by atoms with van der Waals surface area (Å²) in [6.07, 6.45) is 0. The number of ether oxygens (including phenoxy) is 1. The molecule has 0 aliphatic carbocycles. The fourth-order valence-electron chi connectivity index (χ4n) is 2.34. The number of thiocarbonyl (C=S) groups is 1. The van der Waals surface area contributed by atoms with Gasteiger partial charge in [-0.15, -0.1) is 0 Å². The van der Waals surface area contributed by atoms with Gasteiger partial charge in [-0.2, -0.15) is 0 Å². The summed E-state index contributed by atoms with van der Waals surface area (Å²) in [6.45, 7) is 0.885. The van der Waals surface area contributed by atoms with E-state index in [0.717, 1.165) is 5.56 Å². The second-order valence-corrected chi connectivity index (χ2v) is 6.23. The van der Waals surface area contributed by atoms with Gasteiger partial charge in [0.05, 0.1) is 17.9 Å². The quantitative estimate of drug-likeness (QED) is 0.858. The number of hydrogen-bond donors (Lipinski definition) is 1. The van der Waals surface area contributed by atoms with Gasteiger partial charge in [-0.3, -0.25) is 9.69 Å². The van der Waals surface area contributed by atoms with Crippen LogP contribution in [0.5, 0.6) is 5.75 Å². The van der Waals surface area contributed by atoms with Crippen LogP contribution in [0, 0.1) is 0 Å². The van der Waals surface area contributed by atoms with E-state index >= 15 is 0 Å². The zero-order valence-corrected chi connectivity index (χ0v) is 12.0. The number of amides is 1. The first-order valence-electron chi connectivity index (χ1n) is 6.03. The molecular formula is C13H11NO4S2. The van der Waals surface area contributed by atoms with Crippen molar-refractivity contribution in [2.75, 3.05) is 18.9 Å². The number of fused-ring (bicyclic) bond motifs is 1. The van der Waals surface area contributed by atoms with Gasteiger partial charge in [-0.05, 0) is 18.2 Å². The third-order valence-corrected chi connectivity index (χ3v) is 4.81. The first-order chi connectivity index (χ1) is 9.56. The van der Waals surface area contributed by atoms with Crippen LogP contribution in [-0.2, 0) is 4.79 Å². The van der Waals surface area contributed by atoms with E-state index in [1.54, 1.807) is 17.0 Å². The monoisotopic (exact) mass is 309 g/mol. The average Bonchev–Trinajstić information content (AvgIpc) is 2.97. The van der Waals surface area contributed by atoms with Crippen molar-refractivity contribution in [3.63, 3.8) is 0 Å². The summed E-state index contributed by atoms with van der Waals surface area (Å²) in [7, 11) is 0. The van der Waals surface area contributed by atoms with Gasteiger partial charge in [0.15, 0.2) is 0 Å². The number of thioether (sulfide) groups is 1. The smallest absolute Gasteiger partial charge is 0.335 e. The van der Waals surface area contributed by atoms with Gasteiger partial charge in [-0.1, -0.05) is 24.0 Å². The van der Waals surface area contributed by atoms with E-state index < -0.39 is 5.97 Å². The van der Waals surface area contributed by atoms with Crippen LogP contribution in [0.15, 0.2) is 18.2 Å². The minimum absolute atomic E-state index is 0.00263. The summed E-state index contributed by atoms with van der Waals surface area (Å²) >= 11 is 6.51. The van der Waals surface area contributed by atoms with E-state index in [1.165, 1.54) is 17.8 Å². The molecular weight excluding hydrogens is 298 g/mol. The molecule has 1 unspecified atom stereocenters. The first kappa shape index (κ1) is 13.4. The maximum atomic E-state index is 11.7. The maximum Gasteiger partial charge on any atom is 0.335 e. The normalized spacial score (nSPS) is 21.0.